The lowest BCUT2D eigenvalue weighted by atomic mass is 9.85. The van der Waals surface area contributed by atoms with Crippen molar-refractivity contribution in [2.24, 2.45) is 0 Å². The second-order valence-electron chi connectivity index (χ2n) is 13.3. The molecule has 0 N–H and O–H groups in total. The summed E-state index contributed by atoms with van der Waals surface area (Å²) in [6.07, 6.45) is 0. The predicted molar refractivity (Wildman–Crippen MR) is 190 cm³/mol. The van der Waals surface area contributed by atoms with Crippen LogP contribution in [0.25, 0.3) is 0 Å². The molecule has 0 atom stereocenters. The Kier molecular flexibility index (Phi) is 14.9. The first-order chi connectivity index (χ1) is 18.3. The highest BCUT2D eigenvalue weighted by Crippen LogP contribution is 2.31. The second-order valence-corrected chi connectivity index (χ2v) is 13.3. The molecule has 230 valence electrons. The third-order valence-corrected chi connectivity index (χ3v) is 9.78. The van der Waals surface area contributed by atoms with E-state index in [1.165, 1.54) is 83.5 Å². The van der Waals surface area contributed by atoms with Crippen LogP contribution < -0.4 is 0 Å². The lowest BCUT2D eigenvalue weighted by Gasteiger charge is -2.21. The van der Waals surface area contributed by atoms with Crippen LogP contribution in [0.4, 0.5) is 0 Å². The van der Waals surface area contributed by atoms with Crippen molar-refractivity contribution < 1.29 is 0 Å². The minimum absolute atomic E-state index is 0. The molecule has 0 amide bonds. The maximum Gasteiger partial charge on any atom is -0.0213 e. The molecule has 0 radical (unpaired) electrons. The van der Waals surface area contributed by atoms with Crippen molar-refractivity contribution in [2.75, 3.05) is 0 Å². The van der Waals surface area contributed by atoms with Crippen molar-refractivity contribution >= 4 is 0 Å². The number of benzene rings is 3. The minimum atomic E-state index is 0. The molecule has 0 aliphatic carbocycles. The van der Waals surface area contributed by atoms with Crippen LogP contribution in [0.2, 0.25) is 0 Å². The van der Waals surface area contributed by atoms with Crippen molar-refractivity contribution in [3.05, 3.63) is 101 Å². The number of hydrogen-bond donors (Lipinski definition) is 0. The van der Waals surface area contributed by atoms with E-state index in [1.54, 1.807) is 5.56 Å². The van der Waals surface area contributed by atoms with Crippen molar-refractivity contribution in [3.63, 3.8) is 0 Å². The van der Waals surface area contributed by atoms with Crippen LogP contribution >= 0.6 is 0 Å². The number of aryl methyl sites for hydroxylation is 3. The third kappa shape index (κ3) is 8.83. The van der Waals surface area contributed by atoms with Crippen molar-refractivity contribution in [1.29, 1.82) is 0 Å². The first-order valence-corrected chi connectivity index (χ1v) is 15.5. The average Bonchev–Trinajstić information content (AvgIpc) is 2.86. The number of rotatable bonds is 3. The quantitative estimate of drug-likeness (QED) is 0.300. The monoisotopic (exact) mass is 559 g/mol. The zero-order valence-corrected chi connectivity index (χ0v) is 29.9. The van der Waals surface area contributed by atoms with Crippen LogP contribution in [0, 0.1) is 90.0 Å². The first kappa shape index (κ1) is 38.7. The highest BCUT2D eigenvalue weighted by Gasteiger charge is 2.14. The van der Waals surface area contributed by atoms with E-state index in [-0.39, 0.29) is 7.43 Å². The van der Waals surface area contributed by atoms with Gasteiger partial charge in [0.15, 0.2) is 0 Å². The van der Waals surface area contributed by atoms with E-state index in [9.17, 15) is 0 Å². The third-order valence-electron chi connectivity index (χ3n) is 9.78. The molecule has 0 heteroatoms. The standard InChI is InChI=1S/C14H22.2C13H20.CH4/c1-8(2)14-12(6)10(4)9(3)11(5)13(14)7;1-8(2)13-7-9(3)10(4)11(5)12(13)6;1-8(2)13-11(5)9(3)7-10(4)12(13)6;/h8H,1-7H3;2*7-8H,1-6H3;1H4. The van der Waals surface area contributed by atoms with Gasteiger partial charge in [-0.1, -0.05) is 61.1 Å². The van der Waals surface area contributed by atoms with E-state index < -0.39 is 0 Å². The zero-order valence-electron chi connectivity index (χ0n) is 29.9. The molecule has 0 bridgehead atoms. The topological polar surface area (TPSA) is 0 Å². The normalized spacial score (nSPS) is 10.8. The lowest BCUT2D eigenvalue weighted by Crippen LogP contribution is -2.04. The molecule has 0 nitrogen and oxygen atoms in total. The Morgan fingerprint density at radius 2 is 0.610 bits per heavy atom. The van der Waals surface area contributed by atoms with Gasteiger partial charge in [0.25, 0.3) is 0 Å². The molecule has 0 heterocycles. The molecular formula is C41H66. The summed E-state index contributed by atoms with van der Waals surface area (Å²) in [6, 6.07) is 4.62. The van der Waals surface area contributed by atoms with Crippen molar-refractivity contribution in [3.8, 4) is 0 Å². The molecule has 0 unspecified atom stereocenters. The van der Waals surface area contributed by atoms with Gasteiger partial charge in [-0.15, -0.1) is 0 Å². The SMILES string of the molecule is C.Cc1c(C)c(C)c(C(C)C)c(C)c1C.Cc1cc(C(C)C)c(C)c(C)c1C.Cc1cc(C)c(C)c(C(C)C)c1C. The highest BCUT2D eigenvalue weighted by atomic mass is 14.2. The van der Waals surface area contributed by atoms with E-state index >= 15 is 0 Å². The first-order valence-electron chi connectivity index (χ1n) is 15.5. The fourth-order valence-corrected chi connectivity index (χ4v) is 6.35. The summed E-state index contributed by atoms with van der Waals surface area (Å²) >= 11 is 0. The van der Waals surface area contributed by atoms with Gasteiger partial charge in [0.1, 0.15) is 0 Å². The zero-order chi connectivity index (χ0) is 31.4. The van der Waals surface area contributed by atoms with Crippen molar-refractivity contribution in [1.82, 2.24) is 0 Å². The Morgan fingerprint density at radius 1 is 0.317 bits per heavy atom. The van der Waals surface area contributed by atoms with Crippen LogP contribution in [0.3, 0.4) is 0 Å². The Bertz CT molecular complexity index is 1270. The fraction of sp³-hybridized carbons (Fsp3) is 0.561. The maximum absolute atomic E-state index is 2.34. The fourth-order valence-electron chi connectivity index (χ4n) is 6.35. The Hall–Kier alpha value is -2.34. The molecule has 0 spiro atoms. The maximum atomic E-state index is 2.34. The highest BCUT2D eigenvalue weighted by molar-refractivity contribution is 5.50. The summed E-state index contributed by atoms with van der Waals surface area (Å²) in [7, 11) is 0. The summed E-state index contributed by atoms with van der Waals surface area (Å²) in [6.45, 7) is 42.6. The summed E-state index contributed by atoms with van der Waals surface area (Å²) in [4.78, 5) is 0. The molecule has 0 saturated heterocycles. The van der Waals surface area contributed by atoms with E-state index in [4.69, 9.17) is 0 Å². The van der Waals surface area contributed by atoms with Gasteiger partial charge >= 0.3 is 0 Å². The summed E-state index contributed by atoms with van der Waals surface area (Å²) in [5, 5.41) is 0. The van der Waals surface area contributed by atoms with Crippen molar-refractivity contribution in [2.45, 2.75) is 157 Å². The Balaban J connectivity index is 0.000000579. The molecule has 0 fully saturated rings. The molecule has 0 aliphatic heterocycles. The molecular weight excluding hydrogens is 492 g/mol. The van der Waals surface area contributed by atoms with E-state index in [0.29, 0.717) is 17.8 Å². The van der Waals surface area contributed by atoms with Gasteiger partial charge in [-0.3, -0.25) is 0 Å². The van der Waals surface area contributed by atoms with Gasteiger partial charge in [0, 0.05) is 0 Å². The van der Waals surface area contributed by atoms with Gasteiger partial charge in [-0.25, -0.2) is 0 Å². The van der Waals surface area contributed by atoms with Gasteiger partial charge in [0.2, 0.25) is 0 Å². The molecule has 41 heavy (non-hydrogen) atoms. The van der Waals surface area contributed by atoms with Crippen LogP contribution in [-0.4, -0.2) is 0 Å². The van der Waals surface area contributed by atoms with Crippen LogP contribution in [0.1, 0.15) is 156 Å². The van der Waals surface area contributed by atoms with E-state index in [0.717, 1.165) is 0 Å². The van der Waals surface area contributed by atoms with Gasteiger partial charge in [0.05, 0.1) is 0 Å². The number of hydrogen-bond acceptors (Lipinski definition) is 0. The average molecular weight is 559 g/mol. The molecule has 3 aromatic carbocycles. The van der Waals surface area contributed by atoms with Gasteiger partial charge in [-0.05, 0) is 197 Å². The van der Waals surface area contributed by atoms with Crippen LogP contribution in [0.15, 0.2) is 12.1 Å². The smallest absolute Gasteiger partial charge is 0.0213 e. The summed E-state index contributed by atoms with van der Waals surface area (Å²) in [5.41, 5.74) is 23.5. The molecule has 0 saturated carbocycles. The minimum Gasteiger partial charge on any atom is -0.0776 e. The molecule has 0 aromatic heterocycles. The molecule has 3 rings (SSSR count). The Morgan fingerprint density at radius 3 is 0.951 bits per heavy atom. The second kappa shape index (κ2) is 15.8. The predicted octanol–water partition coefficient (Wildman–Crippen LogP) is 13.1. The van der Waals surface area contributed by atoms with Crippen LogP contribution in [0.5, 0.6) is 0 Å². The molecule has 3 aromatic rings. The van der Waals surface area contributed by atoms with E-state index in [1.807, 2.05) is 0 Å². The lowest BCUT2D eigenvalue weighted by molar-refractivity contribution is 0.837. The van der Waals surface area contributed by atoms with E-state index in [2.05, 4.69) is 144 Å². The molecule has 0 aliphatic rings. The van der Waals surface area contributed by atoms with Crippen LogP contribution in [-0.2, 0) is 0 Å². The van der Waals surface area contributed by atoms with Gasteiger partial charge < -0.3 is 0 Å². The summed E-state index contributed by atoms with van der Waals surface area (Å²) in [5.74, 6) is 1.91. The largest absolute Gasteiger partial charge is 0.0776 e. The summed E-state index contributed by atoms with van der Waals surface area (Å²) < 4.78 is 0. The Labute approximate surface area is 257 Å². The van der Waals surface area contributed by atoms with Gasteiger partial charge in [-0.2, -0.15) is 0 Å².